The maximum absolute atomic E-state index is 12.8. The molecule has 7 heteroatoms. The molecule has 1 aromatic carbocycles. The monoisotopic (exact) mass is 389 g/mol. The summed E-state index contributed by atoms with van der Waals surface area (Å²) in [5.41, 5.74) is 0.491. The Bertz CT molecular complexity index is 726. The van der Waals surface area contributed by atoms with Crippen LogP contribution < -0.4 is 15.0 Å². The summed E-state index contributed by atoms with van der Waals surface area (Å²) in [7, 11) is 0. The molecule has 2 aliphatic rings. The van der Waals surface area contributed by atoms with E-state index in [4.69, 9.17) is 9.47 Å². The predicted molar refractivity (Wildman–Crippen MR) is 108 cm³/mol. The Morgan fingerprint density at radius 3 is 2.43 bits per heavy atom. The number of nitrogens with zero attached hydrogens (tertiary/aromatic N) is 2. The first-order chi connectivity index (χ1) is 13.2. The van der Waals surface area contributed by atoms with Crippen LogP contribution >= 0.6 is 0 Å². The van der Waals surface area contributed by atoms with E-state index in [-0.39, 0.29) is 36.1 Å². The number of hydrogen-bond donors (Lipinski definition) is 1. The van der Waals surface area contributed by atoms with Crippen molar-refractivity contribution in [1.82, 2.24) is 10.2 Å². The van der Waals surface area contributed by atoms with Crippen molar-refractivity contribution in [3.63, 3.8) is 0 Å². The number of amides is 2. The van der Waals surface area contributed by atoms with Crippen LogP contribution in [0.15, 0.2) is 24.3 Å². The summed E-state index contributed by atoms with van der Waals surface area (Å²) in [6.07, 6.45) is -0.390. The fourth-order valence-corrected chi connectivity index (χ4v) is 3.87. The van der Waals surface area contributed by atoms with Crippen molar-refractivity contribution in [2.75, 3.05) is 31.1 Å². The summed E-state index contributed by atoms with van der Waals surface area (Å²) in [5, 5.41) is 3.03. The van der Waals surface area contributed by atoms with Crippen LogP contribution in [0.1, 0.15) is 34.6 Å². The van der Waals surface area contributed by atoms with E-state index in [0.717, 1.165) is 13.1 Å². The zero-order valence-electron chi connectivity index (χ0n) is 17.4. The van der Waals surface area contributed by atoms with Gasteiger partial charge in [0.1, 0.15) is 5.75 Å². The van der Waals surface area contributed by atoms with Gasteiger partial charge in [0.15, 0.2) is 6.10 Å². The van der Waals surface area contributed by atoms with Crippen molar-refractivity contribution in [2.24, 2.45) is 0 Å². The standard InChI is InChI=1S/C21H31N3O4/c1-14-10-23(11-15(2)27-14)21(4,5)13-22-20(26)19-12-24(16(3)25)17-8-6-7-9-18(17)28-19/h6-9,14-15,19H,10-13H2,1-5H3,(H,22,26). The van der Waals surface area contributed by atoms with Crippen molar-refractivity contribution in [3.05, 3.63) is 24.3 Å². The van der Waals surface area contributed by atoms with Crippen LogP contribution in [0.2, 0.25) is 0 Å². The maximum atomic E-state index is 12.8. The Hall–Kier alpha value is -2.12. The van der Waals surface area contributed by atoms with Gasteiger partial charge in [-0.15, -0.1) is 0 Å². The number of carbonyl (C=O) groups is 2. The summed E-state index contributed by atoms with van der Waals surface area (Å²) in [6.45, 7) is 12.3. The van der Waals surface area contributed by atoms with E-state index >= 15 is 0 Å². The van der Waals surface area contributed by atoms with Gasteiger partial charge >= 0.3 is 0 Å². The van der Waals surface area contributed by atoms with Gasteiger partial charge in [-0.1, -0.05) is 12.1 Å². The number of carbonyl (C=O) groups excluding carboxylic acids is 2. The molecule has 2 amide bonds. The highest BCUT2D eigenvalue weighted by Crippen LogP contribution is 2.33. The van der Waals surface area contributed by atoms with Crippen LogP contribution in [0.4, 0.5) is 5.69 Å². The van der Waals surface area contributed by atoms with Crippen LogP contribution in [0.5, 0.6) is 5.75 Å². The predicted octanol–water partition coefficient (Wildman–Crippen LogP) is 1.80. The van der Waals surface area contributed by atoms with Gasteiger partial charge < -0.3 is 19.7 Å². The van der Waals surface area contributed by atoms with E-state index in [1.165, 1.54) is 6.92 Å². The minimum atomic E-state index is -0.725. The average molecular weight is 389 g/mol. The van der Waals surface area contributed by atoms with Gasteiger partial charge in [-0.25, -0.2) is 0 Å². The molecule has 3 atom stereocenters. The van der Waals surface area contributed by atoms with Crippen molar-refractivity contribution < 1.29 is 19.1 Å². The normalized spacial score (nSPS) is 25.6. The fraction of sp³-hybridized carbons (Fsp3) is 0.619. The van der Waals surface area contributed by atoms with Gasteiger partial charge in [-0.05, 0) is 39.8 Å². The number of fused-ring (bicyclic) bond motifs is 1. The lowest BCUT2D eigenvalue weighted by Crippen LogP contribution is -2.60. The Balaban J connectivity index is 1.64. The van der Waals surface area contributed by atoms with E-state index in [1.54, 1.807) is 11.0 Å². The molecule has 28 heavy (non-hydrogen) atoms. The Morgan fingerprint density at radius 1 is 1.14 bits per heavy atom. The van der Waals surface area contributed by atoms with Gasteiger partial charge in [-0.2, -0.15) is 0 Å². The average Bonchev–Trinajstić information content (AvgIpc) is 2.64. The molecule has 2 aliphatic heterocycles. The number of rotatable bonds is 4. The van der Waals surface area contributed by atoms with Crippen molar-refractivity contribution in [2.45, 2.75) is 58.5 Å². The molecule has 0 spiro atoms. The van der Waals surface area contributed by atoms with E-state index in [1.807, 2.05) is 18.2 Å². The molecule has 0 aromatic heterocycles. The summed E-state index contributed by atoms with van der Waals surface area (Å²) in [5.74, 6) is 0.243. The number of benzene rings is 1. The number of anilines is 1. The van der Waals surface area contributed by atoms with E-state index < -0.39 is 6.10 Å². The summed E-state index contributed by atoms with van der Waals surface area (Å²) in [4.78, 5) is 28.8. The highest BCUT2D eigenvalue weighted by molar-refractivity contribution is 5.95. The molecule has 1 fully saturated rings. The van der Waals surface area contributed by atoms with Crippen LogP contribution in [0.3, 0.4) is 0 Å². The molecule has 3 rings (SSSR count). The second-order valence-corrected chi connectivity index (χ2v) is 8.40. The van der Waals surface area contributed by atoms with Gasteiger partial charge in [0, 0.05) is 32.1 Å². The topological polar surface area (TPSA) is 71.1 Å². The molecular formula is C21H31N3O4. The smallest absolute Gasteiger partial charge is 0.263 e. The van der Waals surface area contributed by atoms with Crippen LogP contribution in [0, 0.1) is 0 Å². The third kappa shape index (κ3) is 4.47. The van der Waals surface area contributed by atoms with Gasteiger partial charge in [-0.3, -0.25) is 14.5 Å². The van der Waals surface area contributed by atoms with Gasteiger partial charge in [0.2, 0.25) is 5.91 Å². The van der Waals surface area contributed by atoms with Crippen molar-refractivity contribution in [1.29, 1.82) is 0 Å². The first kappa shape index (κ1) is 20.6. The number of nitrogens with one attached hydrogen (secondary N) is 1. The molecule has 0 saturated carbocycles. The van der Waals surface area contributed by atoms with Crippen LogP contribution in [-0.2, 0) is 14.3 Å². The fourth-order valence-electron chi connectivity index (χ4n) is 3.87. The molecule has 1 aromatic rings. The molecule has 2 heterocycles. The number of para-hydroxylation sites is 2. The number of ether oxygens (including phenoxy) is 2. The molecule has 1 N–H and O–H groups in total. The number of morpholine rings is 1. The summed E-state index contributed by atoms with van der Waals surface area (Å²) >= 11 is 0. The molecule has 1 saturated heterocycles. The Morgan fingerprint density at radius 2 is 1.79 bits per heavy atom. The summed E-state index contributed by atoms with van der Waals surface area (Å²) < 4.78 is 11.7. The Kier molecular flexibility index (Phi) is 5.95. The van der Waals surface area contributed by atoms with E-state index in [0.29, 0.717) is 18.0 Å². The first-order valence-corrected chi connectivity index (χ1v) is 9.89. The zero-order valence-corrected chi connectivity index (χ0v) is 17.4. The van der Waals surface area contributed by atoms with Crippen LogP contribution in [-0.4, -0.2) is 66.7 Å². The highest BCUT2D eigenvalue weighted by Gasteiger charge is 2.36. The molecule has 154 valence electrons. The molecule has 0 aliphatic carbocycles. The quantitative estimate of drug-likeness (QED) is 0.850. The molecule has 7 nitrogen and oxygen atoms in total. The molecule has 0 bridgehead atoms. The first-order valence-electron chi connectivity index (χ1n) is 9.89. The van der Waals surface area contributed by atoms with E-state index in [9.17, 15) is 9.59 Å². The molecule has 0 radical (unpaired) electrons. The number of hydrogen-bond acceptors (Lipinski definition) is 5. The van der Waals surface area contributed by atoms with Crippen molar-refractivity contribution >= 4 is 17.5 Å². The van der Waals surface area contributed by atoms with Gasteiger partial charge in [0.25, 0.3) is 5.91 Å². The van der Waals surface area contributed by atoms with Crippen LogP contribution in [0.25, 0.3) is 0 Å². The lowest BCUT2D eigenvalue weighted by atomic mass is 10.00. The summed E-state index contributed by atoms with van der Waals surface area (Å²) in [6, 6.07) is 7.30. The molecular weight excluding hydrogens is 358 g/mol. The second kappa shape index (κ2) is 8.09. The van der Waals surface area contributed by atoms with Gasteiger partial charge in [0.05, 0.1) is 24.4 Å². The largest absolute Gasteiger partial charge is 0.477 e. The third-order valence-corrected chi connectivity index (χ3v) is 5.42. The minimum Gasteiger partial charge on any atom is -0.477 e. The highest BCUT2D eigenvalue weighted by atomic mass is 16.5. The van der Waals surface area contributed by atoms with Crippen molar-refractivity contribution in [3.8, 4) is 5.75 Å². The maximum Gasteiger partial charge on any atom is 0.263 e. The minimum absolute atomic E-state index is 0.106. The SMILES string of the molecule is CC(=O)N1CC(C(=O)NCC(C)(C)N2CC(C)OC(C)C2)Oc2ccccc21. The second-order valence-electron chi connectivity index (χ2n) is 8.40. The lowest BCUT2D eigenvalue weighted by molar-refractivity contribution is -0.129. The Labute approximate surface area is 167 Å². The molecule has 3 unspecified atom stereocenters. The lowest BCUT2D eigenvalue weighted by Gasteiger charge is -2.45. The zero-order chi connectivity index (χ0) is 20.5. The van der Waals surface area contributed by atoms with E-state index in [2.05, 4.69) is 37.9 Å². The third-order valence-electron chi connectivity index (χ3n) is 5.42.